The second kappa shape index (κ2) is 6.12. The fourth-order valence-corrected chi connectivity index (χ4v) is 1.63. The van der Waals surface area contributed by atoms with Gasteiger partial charge < -0.3 is 4.74 Å². The molecule has 1 aromatic heterocycles. The highest BCUT2D eigenvalue weighted by molar-refractivity contribution is 9.08. The Kier molecular flexibility index (Phi) is 4.26. The molecule has 0 atom stereocenters. The molecular weight excluding hydrogens is 294 g/mol. The number of nitriles is 1. The summed E-state index contributed by atoms with van der Waals surface area (Å²) in [5.41, 5.74) is 1.95. The van der Waals surface area contributed by atoms with Crippen LogP contribution in [0.1, 0.15) is 11.1 Å². The van der Waals surface area contributed by atoms with E-state index in [-0.39, 0.29) is 0 Å². The summed E-state index contributed by atoms with van der Waals surface area (Å²) in [6.45, 7) is 0. The summed E-state index contributed by atoms with van der Waals surface area (Å²) in [5.74, 6) is 0.656. The monoisotopic (exact) mass is 303 g/mol. The van der Waals surface area contributed by atoms with Gasteiger partial charge in [-0.25, -0.2) is 9.97 Å². The highest BCUT2D eigenvalue weighted by Crippen LogP contribution is 2.18. The molecule has 90 valence electrons. The highest BCUT2D eigenvalue weighted by atomic mass is 79.9. The van der Waals surface area contributed by atoms with Gasteiger partial charge in [0.25, 0.3) is 0 Å². The van der Waals surface area contributed by atoms with Crippen molar-refractivity contribution in [2.75, 3.05) is 0 Å². The third-order valence-corrected chi connectivity index (χ3v) is 2.90. The summed E-state index contributed by atoms with van der Waals surface area (Å²) in [5, 5.41) is 9.29. The number of alkyl halides is 1. The van der Waals surface area contributed by atoms with Gasteiger partial charge in [0.15, 0.2) is 0 Å². The lowest BCUT2D eigenvalue weighted by Gasteiger charge is -2.04. The molecule has 18 heavy (non-hydrogen) atoms. The molecule has 4 nitrogen and oxygen atoms in total. The maximum Gasteiger partial charge on any atom is 0.321 e. The molecule has 0 unspecified atom stereocenters. The lowest BCUT2D eigenvalue weighted by molar-refractivity contribution is 0.441. The summed E-state index contributed by atoms with van der Waals surface area (Å²) in [4.78, 5) is 8.18. The number of hydrogen-bond donors (Lipinski definition) is 0. The van der Waals surface area contributed by atoms with Gasteiger partial charge in [-0.3, -0.25) is 0 Å². The largest absolute Gasteiger partial charge is 0.424 e. The van der Waals surface area contributed by atoms with E-state index in [4.69, 9.17) is 10.00 Å². The second-order valence-electron chi connectivity index (χ2n) is 3.59. The molecule has 2 rings (SSSR count). The van der Waals surface area contributed by atoms with Crippen molar-refractivity contribution in [3.63, 3.8) is 0 Å². The predicted molar refractivity (Wildman–Crippen MR) is 70.5 cm³/mol. The molecule has 0 N–H and O–H groups in total. The Labute approximate surface area is 113 Å². The second-order valence-corrected chi connectivity index (χ2v) is 4.15. The molecule has 0 radical (unpaired) electrons. The fourth-order valence-electron chi connectivity index (χ4n) is 1.34. The molecule has 0 saturated heterocycles. The van der Waals surface area contributed by atoms with Crippen LogP contribution in [0.25, 0.3) is 0 Å². The van der Waals surface area contributed by atoms with Crippen molar-refractivity contribution in [2.24, 2.45) is 0 Å². The Morgan fingerprint density at radius 1 is 1.11 bits per heavy atom. The van der Waals surface area contributed by atoms with Crippen molar-refractivity contribution in [1.29, 1.82) is 5.26 Å². The van der Waals surface area contributed by atoms with Crippen LogP contribution in [0.2, 0.25) is 0 Å². The highest BCUT2D eigenvalue weighted by Gasteiger charge is 2.01. The van der Waals surface area contributed by atoms with E-state index in [1.54, 1.807) is 24.5 Å². The Hall–Kier alpha value is -1.93. The van der Waals surface area contributed by atoms with Gasteiger partial charge in [-0.15, -0.1) is 0 Å². The summed E-state index contributed by atoms with van der Waals surface area (Å²) < 4.78 is 5.49. The number of rotatable bonds is 4. The quantitative estimate of drug-likeness (QED) is 0.814. The van der Waals surface area contributed by atoms with Crippen LogP contribution in [-0.2, 0) is 11.8 Å². The third-order valence-electron chi connectivity index (χ3n) is 2.25. The summed E-state index contributed by atoms with van der Waals surface area (Å²) >= 11 is 3.32. The van der Waals surface area contributed by atoms with Crippen LogP contribution in [0.3, 0.4) is 0 Å². The molecule has 1 heterocycles. The summed E-state index contributed by atoms with van der Waals surface area (Å²) in [6.07, 6.45) is 3.82. The SMILES string of the molecule is N#CCc1ccc(Oc2ncc(CBr)cn2)cc1. The number of ether oxygens (including phenoxy) is 1. The van der Waals surface area contributed by atoms with Gasteiger partial charge >= 0.3 is 6.01 Å². The molecule has 0 fully saturated rings. The van der Waals surface area contributed by atoms with E-state index in [0.717, 1.165) is 16.5 Å². The molecule has 0 bridgehead atoms. The van der Waals surface area contributed by atoms with Gasteiger partial charge in [-0.2, -0.15) is 5.26 Å². The molecule has 0 aliphatic heterocycles. The van der Waals surface area contributed by atoms with Crippen LogP contribution in [0.4, 0.5) is 0 Å². The minimum absolute atomic E-state index is 0.313. The molecule has 0 spiro atoms. The average Bonchev–Trinajstić information content (AvgIpc) is 2.42. The first kappa shape index (κ1) is 12.5. The van der Waals surface area contributed by atoms with Gasteiger partial charge in [0.1, 0.15) is 5.75 Å². The molecule has 1 aromatic carbocycles. The average molecular weight is 304 g/mol. The van der Waals surface area contributed by atoms with Crippen molar-refractivity contribution in [3.05, 3.63) is 47.8 Å². The van der Waals surface area contributed by atoms with E-state index < -0.39 is 0 Å². The molecular formula is C13H10BrN3O. The predicted octanol–water partition coefficient (Wildman–Crippen LogP) is 3.23. The normalized spacial score (nSPS) is 9.78. The van der Waals surface area contributed by atoms with Crippen molar-refractivity contribution in [3.8, 4) is 17.8 Å². The van der Waals surface area contributed by atoms with Gasteiger partial charge in [0, 0.05) is 17.7 Å². The molecule has 5 heteroatoms. The van der Waals surface area contributed by atoms with Crippen LogP contribution < -0.4 is 4.74 Å². The number of nitrogens with zero attached hydrogens (tertiary/aromatic N) is 3. The molecule has 0 saturated carbocycles. The zero-order valence-electron chi connectivity index (χ0n) is 9.51. The van der Waals surface area contributed by atoms with Crippen LogP contribution in [0, 0.1) is 11.3 Å². The first-order chi connectivity index (χ1) is 8.81. The standard InChI is InChI=1S/C13H10BrN3O/c14-7-11-8-16-13(17-9-11)18-12-3-1-10(2-4-12)5-6-15/h1-4,8-9H,5,7H2. The maximum absolute atomic E-state index is 8.57. The minimum Gasteiger partial charge on any atom is -0.424 e. The summed E-state index contributed by atoms with van der Waals surface area (Å²) in [7, 11) is 0. The fraction of sp³-hybridized carbons (Fsp3) is 0.154. The Balaban J connectivity index is 2.06. The smallest absolute Gasteiger partial charge is 0.321 e. The van der Waals surface area contributed by atoms with E-state index in [0.29, 0.717) is 18.2 Å². The lowest BCUT2D eigenvalue weighted by atomic mass is 10.2. The first-order valence-corrected chi connectivity index (χ1v) is 6.44. The van der Waals surface area contributed by atoms with Crippen LogP contribution in [0.5, 0.6) is 11.8 Å². The molecule has 0 amide bonds. The molecule has 2 aromatic rings. The van der Waals surface area contributed by atoms with Crippen molar-refractivity contribution >= 4 is 15.9 Å². The Morgan fingerprint density at radius 2 is 1.78 bits per heavy atom. The van der Waals surface area contributed by atoms with Gasteiger partial charge in [-0.05, 0) is 23.3 Å². The topological polar surface area (TPSA) is 58.8 Å². The lowest BCUT2D eigenvalue weighted by Crippen LogP contribution is -1.93. The van der Waals surface area contributed by atoms with E-state index in [1.165, 1.54) is 0 Å². The van der Waals surface area contributed by atoms with E-state index in [2.05, 4.69) is 32.0 Å². The zero-order valence-corrected chi connectivity index (χ0v) is 11.1. The van der Waals surface area contributed by atoms with E-state index >= 15 is 0 Å². The van der Waals surface area contributed by atoms with Gasteiger partial charge in [0.05, 0.1) is 12.5 Å². The molecule has 0 aliphatic rings. The molecule has 0 aliphatic carbocycles. The van der Waals surface area contributed by atoms with Crippen molar-refractivity contribution < 1.29 is 4.74 Å². The number of aromatic nitrogens is 2. The Morgan fingerprint density at radius 3 is 2.33 bits per heavy atom. The number of hydrogen-bond acceptors (Lipinski definition) is 4. The van der Waals surface area contributed by atoms with Gasteiger partial charge in [-0.1, -0.05) is 28.1 Å². The summed E-state index contributed by atoms with van der Waals surface area (Å²) in [6, 6.07) is 9.71. The maximum atomic E-state index is 8.57. The number of halogens is 1. The Bertz CT molecular complexity index is 546. The van der Waals surface area contributed by atoms with Crippen LogP contribution >= 0.6 is 15.9 Å². The number of benzene rings is 1. The third kappa shape index (κ3) is 3.28. The zero-order chi connectivity index (χ0) is 12.8. The van der Waals surface area contributed by atoms with Crippen molar-refractivity contribution in [1.82, 2.24) is 9.97 Å². The van der Waals surface area contributed by atoms with Crippen LogP contribution in [0.15, 0.2) is 36.7 Å². The van der Waals surface area contributed by atoms with Crippen molar-refractivity contribution in [2.45, 2.75) is 11.8 Å². The van der Waals surface area contributed by atoms with E-state index in [9.17, 15) is 0 Å². The van der Waals surface area contributed by atoms with Crippen LogP contribution in [-0.4, -0.2) is 9.97 Å². The van der Waals surface area contributed by atoms with Gasteiger partial charge in [0.2, 0.25) is 0 Å². The first-order valence-electron chi connectivity index (χ1n) is 5.32. The van der Waals surface area contributed by atoms with E-state index in [1.807, 2.05) is 12.1 Å². The minimum atomic E-state index is 0.313.